The molecule has 2 aliphatic rings. The Morgan fingerprint density at radius 2 is 1.79 bits per heavy atom. The van der Waals surface area contributed by atoms with Crippen LogP contribution in [0.3, 0.4) is 0 Å². The number of carbonyl (C=O) groups is 3. The predicted octanol–water partition coefficient (Wildman–Crippen LogP) is 3.14. The lowest BCUT2D eigenvalue weighted by molar-refractivity contribution is -0.134. The van der Waals surface area contributed by atoms with Gasteiger partial charge >= 0.3 is 6.09 Å². The summed E-state index contributed by atoms with van der Waals surface area (Å²) in [6.07, 6.45) is 1.76. The van der Waals surface area contributed by atoms with E-state index in [2.05, 4.69) is 26.1 Å². The Kier molecular flexibility index (Phi) is 8.94. The Labute approximate surface area is 203 Å². The summed E-state index contributed by atoms with van der Waals surface area (Å²) in [5.41, 5.74) is 7.11. The van der Waals surface area contributed by atoms with Crippen LogP contribution >= 0.6 is 0 Å². The highest BCUT2D eigenvalue weighted by atomic mass is 16.6. The lowest BCUT2D eigenvalue weighted by Gasteiger charge is -2.43. The maximum absolute atomic E-state index is 13.4. The second kappa shape index (κ2) is 11.7. The third-order valence-corrected chi connectivity index (χ3v) is 7.07. The van der Waals surface area contributed by atoms with Crippen LogP contribution in [0.4, 0.5) is 4.79 Å². The number of amides is 3. The molecule has 0 spiro atoms. The Bertz CT molecular complexity index is 857. The van der Waals surface area contributed by atoms with E-state index in [1.165, 1.54) is 9.80 Å². The molecule has 0 bridgehead atoms. The largest absolute Gasteiger partial charge is 0.446 e. The molecule has 188 valence electrons. The lowest BCUT2D eigenvalue weighted by Crippen LogP contribution is -2.64. The fourth-order valence-electron chi connectivity index (χ4n) is 5.11. The van der Waals surface area contributed by atoms with Crippen LogP contribution in [0, 0.1) is 24.7 Å². The van der Waals surface area contributed by atoms with Gasteiger partial charge in [0.1, 0.15) is 6.10 Å². The molecule has 1 heterocycles. The molecule has 1 saturated heterocycles. The van der Waals surface area contributed by atoms with Crippen LogP contribution in [-0.2, 0) is 9.53 Å². The summed E-state index contributed by atoms with van der Waals surface area (Å²) in [6, 6.07) is 7.23. The van der Waals surface area contributed by atoms with Crippen molar-refractivity contribution < 1.29 is 19.1 Å². The first-order valence-corrected chi connectivity index (χ1v) is 12.6. The second-order valence-corrected chi connectivity index (χ2v) is 10.1. The molecule has 3 N–H and O–H groups in total. The molecule has 2 fully saturated rings. The molecule has 1 aromatic carbocycles. The number of nitrogens with zero attached hydrogens (tertiary/aromatic N) is 2. The smallest absolute Gasteiger partial charge is 0.412 e. The van der Waals surface area contributed by atoms with E-state index in [4.69, 9.17) is 10.5 Å². The van der Waals surface area contributed by atoms with Crippen molar-refractivity contribution in [1.82, 2.24) is 15.1 Å². The van der Waals surface area contributed by atoms with Gasteiger partial charge in [0.2, 0.25) is 0 Å². The van der Waals surface area contributed by atoms with Gasteiger partial charge in [0, 0.05) is 31.7 Å². The molecule has 1 aromatic rings. The topological polar surface area (TPSA) is 105 Å². The molecule has 8 heteroatoms. The number of nitrogens with two attached hydrogens (primary N) is 1. The fraction of sp³-hybridized carbons (Fsp3) is 0.654. The molecule has 3 rings (SSSR count). The van der Waals surface area contributed by atoms with E-state index in [-0.39, 0.29) is 25.1 Å². The summed E-state index contributed by atoms with van der Waals surface area (Å²) in [6.45, 7) is 9.72. The van der Waals surface area contributed by atoms with Crippen LogP contribution in [-0.4, -0.2) is 66.2 Å². The first kappa shape index (κ1) is 26.0. The molecule has 1 aliphatic carbocycles. The molecule has 8 nitrogen and oxygen atoms in total. The molecule has 4 atom stereocenters. The van der Waals surface area contributed by atoms with E-state index in [1.807, 2.05) is 19.1 Å². The average molecular weight is 473 g/mol. The standard InChI is InChI=1S/C26H40N4O4/c1-17(2)21-11-8-19(4)16-22(21)34-26(33)30-15-5-14-29(24(30)23(31)28-13-12-27)25(32)20-9-6-18(3)7-10-20/h6-7,9-10,17,19,21-22,24H,5,8,11-16,27H2,1-4H3,(H,28,31). The Morgan fingerprint density at radius 3 is 2.44 bits per heavy atom. The van der Waals surface area contributed by atoms with Crippen LogP contribution in [0.25, 0.3) is 0 Å². The van der Waals surface area contributed by atoms with Crippen molar-refractivity contribution >= 4 is 17.9 Å². The third kappa shape index (κ3) is 6.09. The van der Waals surface area contributed by atoms with E-state index >= 15 is 0 Å². The van der Waals surface area contributed by atoms with E-state index in [0.29, 0.717) is 42.8 Å². The molecule has 0 radical (unpaired) electrons. The van der Waals surface area contributed by atoms with Gasteiger partial charge in [-0.05, 0) is 56.1 Å². The van der Waals surface area contributed by atoms with Crippen molar-refractivity contribution in [1.29, 1.82) is 0 Å². The number of benzene rings is 1. The summed E-state index contributed by atoms with van der Waals surface area (Å²) in [5, 5.41) is 2.76. The summed E-state index contributed by atoms with van der Waals surface area (Å²) < 4.78 is 6.05. The number of carbonyl (C=O) groups excluding carboxylic acids is 3. The third-order valence-electron chi connectivity index (χ3n) is 7.07. The van der Waals surface area contributed by atoms with Crippen molar-refractivity contribution in [3.05, 3.63) is 35.4 Å². The van der Waals surface area contributed by atoms with E-state index in [0.717, 1.165) is 24.8 Å². The lowest BCUT2D eigenvalue weighted by atomic mass is 9.75. The van der Waals surface area contributed by atoms with Crippen molar-refractivity contribution in [2.45, 2.75) is 65.6 Å². The summed E-state index contributed by atoms with van der Waals surface area (Å²) in [7, 11) is 0. The minimum Gasteiger partial charge on any atom is -0.446 e. The van der Waals surface area contributed by atoms with Crippen molar-refractivity contribution in [3.8, 4) is 0 Å². The first-order chi connectivity index (χ1) is 16.2. The number of ether oxygens (including phenoxy) is 1. The Balaban J connectivity index is 1.84. The highest BCUT2D eigenvalue weighted by Gasteiger charge is 2.43. The van der Waals surface area contributed by atoms with Crippen molar-refractivity contribution in [2.75, 3.05) is 26.2 Å². The van der Waals surface area contributed by atoms with Gasteiger partial charge in [-0.2, -0.15) is 0 Å². The van der Waals surface area contributed by atoms with E-state index in [9.17, 15) is 14.4 Å². The van der Waals surface area contributed by atoms with Crippen LogP contribution in [0.15, 0.2) is 24.3 Å². The molecule has 1 aliphatic heterocycles. The van der Waals surface area contributed by atoms with Gasteiger partial charge in [-0.1, -0.05) is 44.9 Å². The van der Waals surface area contributed by atoms with Crippen LogP contribution < -0.4 is 11.1 Å². The van der Waals surface area contributed by atoms with Gasteiger partial charge < -0.3 is 20.7 Å². The van der Waals surface area contributed by atoms with E-state index < -0.39 is 18.2 Å². The molecule has 3 amide bonds. The quantitative estimate of drug-likeness (QED) is 0.662. The zero-order valence-corrected chi connectivity index (χ0v) is 21.0. The van der Waals surface area contributed by atoms with Crippen LogP contribution in [0.5, 0.6) is 0 Å². The van der Waals surface area contributed by atoms with Crippen molar-refractivity contribution in [3.63, 3.8) is 0 Å². The predicted molar refractivity (Wildman–Crippen MR) is 131 cm³/mol. The first-order valence-electron chi connectivity index (χ1n) is 12.6. The monoisotopic (exact) mass is 472 g/mol. The van der Waals surface area contributed by atoms with Gasteiger partial charge in [-0.3, -0.25) is 14.5 Å². The molecular weight excluding hydrogens is 432 g/mol. The van der Waals surface area contributed by atoms with Gasteiger partial charge in [0.25, 0.3) is 11.8 Å². The van der Waals surface area contributed by atoms with Gasteiger partial charge in [-0.25, -0.2) is 4.79 Å². The minimum absolute atomic E-state index is 0.188. The zero-order valence-electron chi connectivity index (χ0n) is 21.0. The maximum atomic E-state index is 13.4. The molecule has 1 saturated carbocycles. The van der Waals surface area contributed by atoms with Crippen molar-refractivity contribution in [2.24, 2.45) is 23.5 Å². The Hall–Kier alpha value is -2.61. The van der Waals surface area contributed by atoms with Gasteiger partial charge in [0.05, 0.1) is 0 Å². The van der Waals surface area contributed by atoms with Gasteiger partial charge in [-0.15, -0.1) is 0 Å². The fourth-order valence-corrected chi connectivity index (χ4v) is 5.11. The van der Waals surface area contributed by atoms with Crippen LogP contribution in [0.1, 0.15) is 62.4 Å². The SMILES string of the molecule is Cc1ccc(C(=O)N2CCCN(C(=O)OC3CC(C)CCC3C(C)C)C2C(=O)NCCN)cc1. The number of hydrogen-bond donors (Lipinski definition) is 2. The summed E-state index contributed by atoms with van der Waals surface area (Å²) in [5.74, 6) is 0.476. The maximum Gasteiger partial charge on any atom is 0.412 e. The van der Waals surface area contributed by atoms with Gasteiger partial charge in [0.15, 0.2) is 6.17 Å². The zero-order chi connectivity index (χ0) is 24.8. The summed E-state index contributed by atoms with van der Waals surface area (Å²) in [4.78, 5) is 42.9. The number of hydrogen-bond acceptors (Lipinski definition) is 5. The van der Waals surface area contributed by atoms with Crippen LogP contribution in [0.2, 0.25) is 0 Å². The molecule has 4 unspecified atom stereocenters. The van der Waals surface area contributed by atoms with E-state index in [1.54, 1.807) is 12.1 Å². The molecule has 0 aromatic heterocycles. The molecule has 34 heavy (non-hydrogen) atoms. The minimum atomic E-state index is -1.07. The highest BCUT2D eigenvalue weighted by molar-refractivity contribution is 5.98. The highest BCUT2D eigenvalue weighted by Crippen LogP contribution is 2.36. The number of aryl methyl sites for hydroxylation is 1. The summed E-state index contributed by atoms with van der Waals surface area (Å²) >= 11 is 0. The average Bonchev–Trinajstić information content (AvgIpc) is 2.81. The number of nitrogens with one attached hydrogen (secondary N) is 1. The normalized spacial score (nSPS) is 25.2. The number of rotatable bonds is 6. The second-order valence-electron chi connectivity index (χ2n) is 10.1. The molecular formula is C26H40N4O4. The Morgan fingerprint density at radius 1 is 1.12 bits per heavy atom.